The second-order valence-corrected chi connectivity index (χ2v) is 5.72. The van der Waals surface area contributed by atoms with Crippen molar-refractivity contribution in [2.75, 3.05) is 6.54 Å². The van der Waals surface area contributed by atoms with Gasteiger partial charge in [0.15, 0.2) is 0 Å². The maximum absolute atomic E-state index is 13.4. The van der Waals surface area contributed by atoms with Gasteiger partial charge in [0.05, 0.1) is 11.0 Å². The summed E-state index contributed by atoms with van der Waals surface area (Å²) in [6, 6.07) is 5.46. The number of hydrogen-bond acceptors (Lipinski definition) is 2. The van der Waals surface area contributed by atoms with E-state index in [9.17, 15) is 4.39 Å². The molecule has 1 fully saturated rings. The Labute approximate surface area is 119 Å². The third-order valence-corrected chi connectivity index (χ3v) is 3.99. The van der Waals surface area contributed by atoms with Gasteiger partial charge in [0.2, 0.25) is 0 Å². The molecule has 1 aromatic carbocycles. The van der Waals surface area contributed by atoms with Gasteiger partial charge < -0.3 is 10.3 Å². The van der Waals surface area contributed by atoms with Crippen molar-refractivity contribution >= 4 is 11.0 Å². The minimum Gasteiger partial charge on any atom is -0.330 e. The average Bonchev–Trinajstić information content (AvgIpc) is 3.21. The lowest BCUT2D eigenvalue weighted by molar-refractivity contribution is 0.609. The van der Waals surface area contributed by atoms with E-state index in [1.54, 1.807) is 12.1 Å². The van der Waals surface area contributed by atoms with Crippen molar-refractivity contribution in [3.8, 4) is 0 Å². The zero-order valence-electron chi connectivity index (χ0n) is 11.8. The Bertz CT molecular complexity index is 587. The van der Waals surface area contributed by atoms with E-state index in [2.05, 4.69) is 4.57 Å². The topological polar surface area (TPSA) is 43.8 Å². The molecule has 0 bridgehead atoms. The van der Waals surface area contributed by atoms with E-state index < -0.39 is 0 Å². The monoisotopic (exact) mass is 275 g/mol. The van der Waals surface area contributed by atoms with E-state index in [-0.39, 0.29) is 5.82 Å². The number of rotatable bonds is 7. The van der Waals surface area contributed by atoms with Crippen LogP contribution in [0.3, 0.4) is 0 Å². The van der Waals surface area contributed by atoms with Crippen LogP contribution in [0.5, 0.6) is 0 Å². The molecule has 1 aliphatic carbocycles. The molecule has 2 aromatic rings. The highest BCUT2D eigenvalue weighted by Crippen LogP contribution is 2.39. The molecular formula is C16H22FN3. The molecule has 0 spiro atoms. The van der Waals surface area contributed by atoms with Crippen LogP contribution < -0.4 is 5.73 Å². The predicted molar refractivity (Wildman–Crippen MR) is 79.2 cm³/mol. The lowest BCUT2D eigenvalue weighted by Crippen LogP contribution is -2.02. The first-order valence-electron chi connectivity index (χ1n) is 7.66. The number of nitrogens with zero attached hydrogens (tertiary/aromatic N) is 2. The smallest absolute Gasteiger partial charge is 0.125 e. The lowest BCUT2D eigenvalue weighted by Gasteiger charge is -2.07. The summed E-state index contributed by atoms with van der Waals surface area (Å²) in [6.07, 6.45) is 8.00. The predicted octanol–water partition coefficient (Wildman–Crippen LogP) is 3.57. The lowest BCUT2D eigenvalue weighted by atomic mass is 10.1. The van der Waals surface area contributed by atoms with E-state index >= 15 is 0 Å². The third kappa shape index (κ3) is 2.85. The third-order valence-electron chi connectivity index (χ3n) is 3.99. The van der Waals surface area contributed by atoms with Gasteiger partial charge in [-0.15, -0.1) is 0 Å². The number of aromatic nitrogens is 2. The van der Waals surface area contributed by atoms with Gasteiger partial charge in [0.25, 0.3) is 0 Å². The van der Waals surface area contributed by atoms with Crippen LogP contribution in [0.2, 0.25) is 0 Å². The highest BCUT2D eigenvalue weighted by atomic mass is 19.1. The zero-order chi connectivity index (χ0) is 13.9. The van der Waals surface area contributed by atoms with Crippen molar-refractivity contribution < 1.29 is 4.39 Å². The first-order chi connectivity index (χ1) is 9.79. The van der Waals surface area contributed by atoms with Gasteiger partial charge in [0, 0.05) is 12.5 Å². The molecular weight excluding hydrogens is 253 g/mol. The van der Waals surface area contributed by atoms with Gasteiger partial charge in [-0.1, -0.05) is 12.8 Å². The Balaban J connectivity index is 1.77. The van der Waals surface area contributed by atoms with Crippen LogP contribution in [-0.4, -0.2) is 16.1 Å². The van der Waals surface area contributed by atoms with Crippen molar-refractivity contribution in [1.29, 1.82) is 0 Å². The van der Waals surface area contributed by atoms with Gasteiger partial charge in [0.1, 0.15) is 11.6 Å². The molecule has 3 nitrogen and oxygen atoms in total. The number of aryl methyl sites for hydroxylation is 1. The number of hydrogen-bond donors (Lipinski definition) is 1. The summed E-state index contributed by atoms with van der Waals surface area (Å²) in [4.78, 5) is 4.70. The summed E-state index contributed by atoms with van der Waals surface area (Å²) >= 11 is 0. The number of halogens is 1. The van der Waals surface area contributed by atoms with Crippen LogP contribution >= 0.6 is 0 Å². The maximum atomic E-state index is 13.4. The fourth-order valence-electron chi connectivity index (χ4n) is 2.81. The Hall–Kier alpha value is -1.42. The molecule has 1 aliphatic rings. The number of benzene rings is 1. The summed E-state index contributed by atoms with van der Waals surface area (Å²) in [5, 5.41) is 0. The van der Waals surface area contributed by atoms with Crippen molar-refractivity contribution in [2.24, 2.45) is 5.73 Å². The Morgan fingerprint density at radius 2 is 2.00 bits per heavy atom. The molecule has 2 N–H and O–H groups in total. The van der Waals surface area contributed by atoms with E-state index in [1.165, 1.54) is 31.7 Å². The van der Waals surface area contributed by atoms with Crippen LogP contribution in [0.4, 0.5) is 4.39 Å². The molecule has 1 aromatic heterocycles. The Morgan fingerprint density at radius 3 is 2.75 bits per heavy atom. The summed E-state index contributed by atoms with van der Waals surface area (Å²) in [5.74, 6) is 0.953. The normalized spacial score (nSPS) is 15.1. The SMILES string of the molecule is NCCCCCCc1nc2ccc(F)cc2n1C1CC1. The number of imidazole rings is 1. The fourth-order valence-corrected chi connectivity index (χ4v) is 2.81. The van der Waals surface area contributed by atoms with Crippen molar-refractivity contribution in [3.05, 3.63) is 29.8 Å². The molecule has 20 heavy (non-hydrogen) atoms. The minimum absolute atomic E-state index is 0.172. The van der Waals surface area contributed by atoms with Crippen LogP contribution in [0.1, 0.15) is 50.4 Å². The molecule has 0 aliphatic heterocycles. The quantitative estimate of drug-likeness (QED) is 0.785. The van der Waals surface area contributed by atoms with Crippen LogP contribution in [0.25, 0.3) is 11.0 Å². The summed E-state index contributed by atoms with van der Waals surface area (Å²) < 4.78 is 15.7. The molecule has 1 heterocycles. The van der Waals surface area contributed by atoms with Crippen LogP contribution in [-0.2, 0) is 6.42 Å². The average molecular weight is 275 g/mol. The maximum Gasteiger partial charge on any atom is 0.125 e. The molecule has 0 radical (unpaired) electrons. The van der Waals surface area contributed by atoms with Gasteiger partial charge in [-0.2, -0.15) is 0 Å². The highest BCUT2D eigenvalue weighted by Gasteiger charge is 2.28. The van der Waals surface area contributed by atoms with E-state index in [4.69, 9.17) is 10.7 Å². The fraction of sp³-hybridized carbons (Fsp3) is 0.562. The molecule has 0 amide bonds. The highest BCUT2D eigenvalue weighted by molar-refractivity contribution is 5.76. The first-order valence-corrected chi connectivity index (χ1v) is 7.66. The molecule has 0 unspecified atom stereocenters. The number of nitrogens with two attached hydrogens (primary N) is 1. The minimum atomic E-state index is -0.172. The largest absolute Gasteiger partial charge is 0.330 e. The van der Waals surface area contributed by atoms with Gasteiger partial charge in [-0.25, -0.2) is 9.37 Å². The van der Waals surface area contributed by atoms with Crippen LogP contribution in [0.15, 0.2) is 18.2 Å². The summed E-state index contributed by atoms with van der Waals surface area (Å²) in [6.45, 7) is 0.778. The second kappa shape index (κ2) is 5.92. The zero-order valence-corrected chi connectivity index (χ0v) is 11.8. The molecule has 1 saturated carbocycles. The standard InChI is InChI=1S/C16H22FN3/c17-12-6-9-14-15(11-12)20(13-7-8-13)16(19-14)5-3-1-2-4-10-18/h6,9,11,13H,1-5,7-8,10,18H2. The van der Waals surface area contributed by atoms with Gasteiger partial charge >= 0.3 is 0 Å². The van der Waals surface area contributed by atoms with E-state index in [0.29, 0.717) is 6.04 Å². The molecule has 0 saturated heterocycles. The Morgan fingerprint density at radius 1 is 1.20 bits per heavy atom. The number of unbranched alkanes of at least 4 members (excludes halogenated alkanes) is 3. The van der Waals surface area contributed by atoms with Crippen molar-refractivity contribution in [1.82, 2.24) is 9.55 Å². The second-order valence-electron chi connectivity index (χ2n) is 5.72. The molecule has 108 valence electrons. The van der Waals surface area contributed by atoms with Crippen LogP contribution in [0, 0.1) is 5.82 Å². The van der Waals surface area contributed by atoms with Crippen molar-refractivity contribution in [2.45, 2.75) is 51.0 Å². The summed E-state index contributed by atoms with van der Waals surface area (Å²) in [5.41, 5.74) is 7.40. The Kier molecular flexibility index (Phi) is 4.01. The van der Waals surface area contributed by atoms with Gasteiger partial charge in [-0.05, 0) is 50.4 Å². The van der Waals surface area contributed by atoms with E-state index in [1.807, 2.05) is 0 Å². The number of fused-ring (bicyclic) bond motifs is 1. The molecule has 0 atom stereocenters. The van der Waals surface area contributed by atoms with Crippen molar-refractivity contribution in [3.63, 3.8) is 0 Å². The summed E-state index contributed by atoms with van der Waals surface area (Å²) in [7, 11) is 0. The van der Waals surface area contributed by atoms with E-state index in [0.717, 1.165) is 42.7 Å². The first kappa shape index (κ1) is 13.6. The van der Waals surface area contributed by atoms with Gasteiger partial charge in [-0.3, -0.25) is 0 Å². The molecule has 3 rings (SSSR count). The molecule has 4 heteroatoms.